The van der Waals surface area contributed by atoms with Crippen molar-refractivity contribution in [2.24, 2.45) is 5.92 Å². The quantitative estimate of drug-likeness (QED) is 0.475. The molecule has 4 rings (SSSR count). The second kappa shape index (κ2) is 8.68. The summed E-state index contributed by atoms with van der Waals surface area (Å²) < 4.78 is 53.6. The Morgan fingerprint density at radius 2 is 1.97 bits per heavy atom. The zero-order valence-corrected chi connectivity index (χ0v) is 17.4. The standard InChI is InChI=1S/C22H23F4N5O/c1-13-4-6-31(7-5-13)20-8-15(22(24,25)26)3-2-14(20)11-27-21(32)29-18-9-16(23)10-19-17(18)12-28-30-19/h2-3,8-10,12-13H,4-7,11H2,1H3,(H,28,30)(H2,27,29,32). The first-order chi connectivity index (χ1) is 15.2. The van der Waals surface area contributed by atoms with Crippen LogP contribution in [0.3, 0.4) is 0 Å². The van der Waals surface area contributed by atoms with Crippen LogP contribution in [0, 0.1) is 11.7 Å². The number of hydrogen-bond donors (Lipinski definition) is 3. The van der Waals surface area contributed by atoms with E-state index in [9.17, 15) is 22.4 Å². The highest BCUT2D eigenvalue weighted by atomic mass is 19.4. The molecule has 1 aliphatic rings. The predicted octanol–water partition coefficient (Wildman–Crippen LogP) is 5.28. The van der Waals surface area contributed by atoms with Crippen molar-refractivity contribution in [2.45, 2.75) is 32.5 Å². The first-order valence-electron chi connectivity index (χ1n) is 10.3. The molecule has 0 radical (unpaired) electrons. The Balaban J connectivity index is 1.51. The van der Waals surface area contributed by atoms with E-state index in [0.29, 0.717) is 41.2 Å². The average Bonchev–Trinajstić information content (AvgIpc) is 3.21. The number of aromatic amines is 1. The number of piperidine rings is 1. The number of nitrogens with one attached hydrogen (secondary N) is 3. The summed E-state index contributed by atoms with van der Waals surface area (Å²) in [5.41, 5.74) is 1.00. The van der Waals surface area contributed by atoms with Crippen LogP contribution in [-0.4, -0.2) is 29.3 Å². The molecule has 0 aliphatic carbocycles. The molecule has 0 atom stereocenters. The lowest BCUT2D eigenvalue weighted by Crippen LogP contribution is -2.35. The molecule has 1 saturated heterocycles. The number of nitrogens with zero attached hydrogens (tertiary/aromatic N) is 2. The number of alkyl halides is 3. The van der Waals surface area contributed by atoms with Crippen molar-refractivity contribution in [3.8, 4) is 0 Å². The Labute approximate surface area is 182 Å². The van der Waals surface area contributed by atoms with Gasteiger partial charge in [0.2, 0.25) is 0 Å². The molecule has 1 fully saturated rings. The zero-order valence-electron chi connectivity index (χ0n) is 17.4. The highest BCUT2D eigenvalue weighted by molar-refractivity contribution is 6.00. The molecule has 6 nitrogen and oxygen atoms in total. The van der Waals surface area contributed by atoms with Gasteiger partial charge in [-0.05, 0) is 48.6 Å². The summed E-state index contributed by atoms with van der Waals surface area (Å²) in [4.78, 5) is 14.4. The lowest BCUT2D eigenvalue weighted by molar-refractivity contribution is -0.137. The van der Waals surface area contributed by atoms with Crippen molar-refractivity contribution in [3.63, 3.8) is 0 Å². The highest BCUT2D eigenvalue weighted by Crippen LogP contribution is 2.35. The van der Waals surface area contributed by atoms with Crippen molar-refractivity contribution in [2.75, 3.05) is 23.3 Å². The van der Waals surface area contributed by atoms with Crippen LogP contribution in [-0.2, 0) is 12.7 Å². The Morgan fingerprint density at radius 3 is 2.69 bits per heavy atom. The van der Waals surface area contributed by atoms with Crippen molar-refractivity contribution in [3.05, 3.63) is 53.5 Å². The van der Waals surface area contributed by atoms with E-state index in [-0.39, 0.29) is 12.2 Å². The largest absolute Gasteiger partial charge is 0.416 e. The number of halogens is 4. The fourth-order valence-corrected chi connectivity index (χ4v) is 3.89. The van der Waals surface area contributed by atoms with E-state index in [4.69, 9.17) is 0 Å². The molecule has 3 aromatic rings. The van der Waals surface area contributed by atoms with E-state index in [1.54, 1.807) is 0 Å². The van der Waals surface area contributed by atoms with E-state index in [2.05, 4.69) is 27.8 Å². The monoisotopic (exact) mass is 449 g/mol. The van der Waals surface area contributed by atoms with Gasteiger partial charge in [0.1, 0.15) is 5.82 Å². The molecule has 1 aliphatic heterocycles. The minimum Gasteiger partial charge on any atom is -0.371 e. The number of anilines is 2. The number of urea groups is 1. The molecule has 3 N–H and O–H groups in total. The summed E-state index contributed by atoms with van der Waals surface area (Å²) in [6, 6.07) is 5.40. The highest BCUT2D eigenvalue weighted by Gasteiger charge is 2.32. The van der Waals surface area contributed by atoms with Gasteiger partial charge in [-0.2, -0.15) is 18.3 Å². The first kappa shape index (κ1) is 21.9. The third-order valence-corrected chi connectivity index (χ3v) is 5.75. The zero-order chi connectivity index (χ0) is 22.9. The van der Waals surface area contributed by atoms with Gasteiger partial charge in [0.25, 0.3) is 0 Å². The van der Waals surface area contributed by atoms with E-state index in [0.717, 1.165) is 25.0 Å². The van der Waals surface area contributed by atoms with Crippen molar-refractivity contribution < 1.29 is 22.4 Å². The van der Waals surface area contributed by atoms with Gasteiger partial charge in [0, 0.05) is 30.7 Å². The third-order valence-electron chi connectivity index (χ3n) is 5.75. The summed E-state index contributed by atoms with van der Waals surface area (Å²) in [5.74, 6) is -0.0168. The molecule has 1 aromatic heterocycles. The van der Waals surface area contributed by atoms with Crippen LogP contribution in [0.4, 0.5) is 33.7 Å². The van der Waals surface area contributed by atoms with Gasteiger partial charge in [-0.3, -0.25) is 5.10 Å². The number of rotatable bonds is 4. The van der Waals surface area contributed by atoms with Crippen molar-refractivity contribution in [1.29, 1.82) is 0 Å². The summed E-state index contributed by atoms with van der Waals surface area (Å²) in [5, 5.41) is 12.3. The van der Waals surface area contributed by atoms with Crippen LogP contribution in [0.5, 0.6) is 0 Å². The van der Waals surface area contributed by atoms with Crippen LogP contribution in [0.15, 0.2) is 36.5 Å². The van der Waals surface area contributed by atoms with Crippen LogP contribution in [0.25, 0.3) is 10.9 Å². The molecule has 2 heterocycles. The molecule has 32 heavy (non-hydrogen) atoms. The van der Waals surface area contributed by atoms with E-state index >= 15 is 0 Å². The van der Waals surface area contributed by atoms with Crippen LogP contribution in [0.1, 0.15) is 30.9 Å². The summed E-state index contributed by atoms with van der Waals surface area (Å²) in [6.45, 7) is 3.46. The molecular weight excluding hydrogens is 426 g/mol. The van der Waals surface area contributed by atoms with Gasteiger partial charge in [0.05, 0.1) is 23.0 Å². The number of H-pyrrole nitrogens is 1. The van der Waals surface area contributed by atoms with Gasteiger partial charge in [-0.15, -0.1) is 0 Å². The second-order valence-electron chi connectivity index (χ2n) is 8.10. The topological polar surface area (TPSA) is 73.1 Å². The van der Waals surface area contributed by atoms with Gasteiger partial charge < -0.3 is 15.5 Å². The van der Waals surface area contributed by atoms with E-state index in [1.165, 1.54) is 24.4 Å². The molecule has 0 saturated carbocycles. The van der Waals surface area contributed by atoms with Crippen LogP contribution >= 0.6 is 0 Å². The molecule has 0 spiro atoms. The first-order valence-corrected chi connectivity index (χ1v) is 10.3. The van der Waals surface area contributed by atoms with E-state index < -0.39 is 23.6 Å². The Kier molecular flexibility index (Phi) is 5.94. The number of carbonyl (C=O) groups is 1. The number of hydrogen-bond acceptors (Lipinski definition) is 3. The molecular formula is C22H23F4N5O. The number of carbonyl (C=O) groups excluding carboxylic acids is 1. The number of aromatic nitrogens is 2. The third kappa shape index (κ3) is 4.79. The van der Waals surface area contributed by atoms with Crippen LogP contribution in [0.2, 0.25) is 0 Å². The second-order valence-corrected chi connectivity index (χ2v) is 8.10. The van der Waals surface area contributed by atoms with Gasteiger partial charge >= 0.3 is 12.2 Å². The number of amides is 2. The summed E-state index contributed by atoms with van der Waals surface area (Å²) in [6.07, 6.45) is -1.20. The van der Waals surface area contributed by atoms with Gasteiger partial charge in [-0.1, -0.05) is 13.0 Å². The van der Waals surface area contributed by atoms with Gasteiger partial charge in [-0.25, -0.2) is 9.18 Å². The lowest BCUT2D eigenvalue weighted by atomic mass is 9.97. The minimum absolute atomic E-state index is 0.0230. The fraction of sp³-hybridized carbons (Fsp3) is 0.364. The number of benzene rings is 2. The number of fused-ring (bicyclic) bond motifs is 1. The predicted molar refractivity (Wildman–Crippen MR) is 114 cm³/mol. The lowest BCUT2D eigenvalue weighted by Gasteiger charge is -2.34. The molecule has 2 aromatic carbocycles. The maximum absolute atomic E-state index is 13.8. The SMILES string of the molecule is CC1CCN(c2cc(C(F)(F)F)ccc2CNC(=O)Nc2cc(F)cc3[nH]ncc23)CC1. The minimum atomic E-state index is -4.45. The summed E-state index contributed by atoms with van der Waals surface area (Å²) >= 11 is 0. The molecule has 170 valence electrons. The Bertz CT molecular complexity index is 1120. The smallest absolute Gasteiger partial charge is 0.371 e. The normalized spacial score (nSPS) is 15.2. The molecule has 0 unspecified atom stereocenters. The molecule has 10 heteroatoms. The summed E-state index contributed by atoms with van der Waals surface area (Å²) in [7, 11) is 0. The molecule has 0 bridgehead atoms. The Hall–Kier alpha value is -3.30. The molecule has 2 amide bonds. The van der Waals surface area contributed by atoms with Crippen molar-refractivity contribution >= 4 is 28.3 Å². The maximum Gasteiger partial charge on any atom is 0.416 e. The average molecular weight is 449 g/mol. The van der Waals surface area contributed by atoms with Gasteiger partial charge in [0.15, 0.2) is 0 Å². The Morgan fingerprint density at radius 1 is 1.22 bits per heavy atom. The van der Waals surface area contributed by atoms with Crippen molar-refractivity contribution in [1.82, 2.24) is 15.5 Å². The van der Waals surface area contributed by atoms with E-state index in [1.807, 2.05) is 4.90 Å². The van der Waals surface area contributed by atoms with Crippen LogP contribution < -0.4 is 15.5 Å². The fourth-order valence-electron chi connectivity index (χ4n) is 3.89. The maximum atomic E-state index is 13.8.